The lowest BCUT2D eigenvalue weighted by atomic mass is 10.3. The maximum Gasteiger partial charge on any atom is 0.282 e. The van der Waals surface area contributed by atoms with Crippen molar-refractivity contribution in [3.63, 3.8) is 0 Å². The molecule has 1 N–H and O–H groups in total. The number of hydrogen-bond donors (Lipinski definition) is 1. The number of ether oxygens (including phenoxy) is 1. The second kappa shape index (κ2) is 5.23. The summed E-state index contributed by atoms with van der Waals surface area (Å²) in [6, 6.07) is 8.78. The molecule has 0 radical (unpaired) electrons. The molecule has 100 valence electrons. The molecule has 1 heterocycles. The first-order valence-electron chi connectivity index (χ1n) is 5.31. The molecule has 0 saturated heterocycles. The van der Waals surface area contributed by atoms with Gasteiger partial charge in [-0.1, -0.05) is 12.1 Å². The Balaban J connectivity index is 2.40. The summed E-state index contributed by atoms with van der Waals surface area (Å²) in [6.45, 7) is 0. The van der Waals surface area contributed by atoms with Gasteiger partial charge >= 0.3 is 0 Å². The number of methoxy groups -OCH3 is 1. The Labute approximate surface area is 110 Å². The number of sulfonamides is 1. The van der Waals surface area contributed by atoms with Crippen molar-refractivity contribution in [2.45, 2.75) is 5.03 Å². The molecule has 0 fully saturated rings. The van der Waals surface area contributed by atoms with Gasteiger partial charge in [0.25, 0.3) is 10.0 Å². The first-order valence-corrected chi connectivity index (χ1v) is 6.79. The molecule has 0 unspecified atom stereocenters. The molecular weight excluding hydrogens is 271 g/mol. The van der Waals surface area contributed by atoms with Crippen LogP contribution in [0.15, 0.2) is 47.6 Å². The van der Waals surface area contributed by atoms with Crippen LogP contribution in [0.2, 0.25) is 0 Å². The van der Waals surface area contributed by atoms with Crippen LogP contribution in [0.1, 0.15) is 0 Å². The third kappa shape index (κ3) is 2.82. The molecule has 0 spiro atoms. The van der Waals surface area contributed by atoms with E-state index in [1.54, 1.807) is 18.2 Å². The summed E-state index contributed by atoms with van der Waals surface area (Å²) in [5, 5.41) is -0.652. The summed E-state index contributed by atoms with van der Waals surface area (Å²) < 4.78 is 44.8. The molecule has 7 heteroatoms. The Bertz CT molecular complexity index is 689. The number of hydrogen-bond acceptors (Lipinski definition) is 4. The zero-order valence-electron chi connectivity index (χ0n) is 10.00. The third-order valence-electron chi connectivity index (χ3n) is 2.33. The number of aromatic nitrogens is 1. The number of anilines is 1. The number of nitrogens with one attached hydrogen (secondary N) is 1. The summed E-state index contributed by atoms with van der Waals surface area (Å²) in [4.78, 5) is 3.54. The topological polar surface area (TPSA) is 68.3 Å². The quantitative estimate of drug-likeness (QED) is 0.931. The van der Waals surface area contributed by atoms with Gasteiger partial charge in [-0.2, -0.15) is 8.42 Å². The van der Waals surface area contributed by atoms with Crippen LogP contribution >= 0.6 is 0 Å². The Morgan fingerprint density at radius 3 is 2.63 bits per heavy atom. The minimum atomic E-state index is -4.09. The minimum absolute atomic E-state index is 0.218. The molecule has 0 aliphatic rings. The standard InChI is InChI=1S/C12H11FN2O3S/c1-18-11-7-3-2-6-10(11)15-19(16,17)12-9(13)5-4-8-14-12/h2-8,15H,1H3. The predicted molar refractivity (Wildman–Crippen MR) is 68.0 cm³/mol. The van der Waals surface area contributed by atoms with E-state index >= 15 is 0 Å². The van der Waals surface area contributed by atoms with Crippen molar-refractivity contribution in [1.29, 1.82) is 0 Å². The van der Waals surface area contributed by atoms with Crippen LogP contribution in [0.3, 0.4) is 0 Å². The van der Waals surface area contributed by atoms with E-state index in [2.05, 4.69) is 9.71 Å². The fourth-order valence-electron chi connectivity index (χ4n) is 1.49. The highest BCUT2D eigenvalue weighted by molar-refractivity contribution is 7.92. The second-order valence-electron chi connectivity index (χ2n) is 3.60. The van der Waals surface area contributed by atoms with E-state index in [0.29, 0.717) is 5.75 Å². The van der Waals surface area contributed by atoms with Gasteiger partial charge in [0, 0.05) is 6.20 Å². The van der Waals surface area contributed by atoms with Gasteiger partial charge in [0.05, 0.1) is 12.8 Å². The first-order chi connectivity index (χ1) is 9.04. The van der Waals surface area contributed by atoms with Gasteiger partial charge in [0.2, 0.25) is 5.03 Å². The Kier molecular flexibility index (Phi) is 3.66. The van der Waals surface area contributed by atoms with Gasteiger partial charge in [-0.15, -0.1) is 0 Å². The smallest absolute Gasteiger partial charge is 0.282 e. The number of nitrogens with zero attached hydrogens (tertiary/aromatic N) is 1. The van der Waals surface area contributed by atoms with Crippen molar-refractivity contribution in [2.75, 3.05) is 11.8 Å². The van der Waals surface area contributed by atoms with Gasteiger partial charge < -0.3 is 4.74 Å². The molecule has 19 heavy (non-hydrogen) atoms. The lowest BCUT2D eigenvalue weighted by Crippen LogP contribution is -2.16. The van der Waals surface area contributed by atoms with E-state index in [4.69, 9.17) is 4.74 Å². The van der Waals surface area contributed by atoms with Crippen molar-refractivity contribution in [3.8, 4) is 5.75 Å². The zero-order valence-corrected chi connectivity index (χ0v) is 10.8. The monoisotopic (exact) mass is 282 g/mol. The molecule has 1 aromatic heterocycles. The van der Waals surface area contributed by atoms with Crippen LogP contribution in [0.4, 0.5) is 10.1 Å². The maximum atomic E-state index is 13.5. The molecule has 0 aliphatic heterocycles. The Morgan fingerprint density at radius 2 is 1.95 bits per heavy atom. The molecule has 0 aliphatic carbocycles. The highest BCUT2D eigenvalue weighted by Crippen LogP contribution is 2.26. The number of para-hydroxylation sites is 2. The summed E-state index contributed by atoms with van der Waals surface area (Å²) >= 11 is 0. The molecule has 2 rings (SSSR count). The summed E-state index contributed by atoms with van der Waals surface area (Å²) in [6.07, 6.45) is 1.21. The van der Waals surface area contributed by atoms with Gasteiger partial charge in [-0.3, -0.25) is 4.72 Å². The first kappa shape index (κ1) is 13.3. The van der Waals surface area contributed by atoms with E-state index in [1.807, 2.05) is 0 Å². The molecule has 0 atom stereocenters. The molecule has 0 bridgehead atoms. The molecule has 2 aromatic rings. The van der Waals surface area contributed by atoms with Crippen LogP contribution in [-0.2, 0) is 10.0 Å². The number of rotatable bonds is 4. The van der Waals surface area contributed by atoms with Crippen molar-refractivity contribution in [1.82, 2.24) is 4.98 Å². The summed E-state index contributed by atoms with van der Waals surface area (Å²) in [7, 11) is -2.68. The molecule has 1 aromatic carbocycles. The number of benzene rings is 1. The van der Waals surface area contributed by atoms with Gasteiger partial charge in [0.15, 0.2) is 5.82 Å². The molecule has 0 amide bonds. The summed E-state index contributed by atoms with van der Waals surface area (Å²) in [5.41, 5.74) is 0.218. The zero-order chi connectivity index (χ0) is 13.9. The van der Waals surface area contributed by atoms with Crippen LogP contribution in [0.5, 0.6) is 5.75 Å². The van der Waals surface area contributed by atoms with Crippen molar-refractivity contribution in [2.24, 2.45) is 0 Å². The fraction of sp³-hybridized carbons (Fsp3) is 0.0833. The van der Waals surface area contributed by atoms with E-state index in [0.717, 1.165) is 6.07 Å². The second-order valence-corrected chi connectivity index (χ2v) is 5.19. The third-order valence-corrected chi connectivity index (χ3v) is 3.63. The van der Waals surface area contributed by atoms with Gasteiger partial charge in [-0.05, 0) is 24.3 Å². The van der Waals surface area contributed by atoms with Crippen LogP contribution in [0.25, 0.3) is 0 Å². The van der Waals surface area contributed by atoms with Crippen molar-refractivity contribution >= 4 is 15.7 Å². The molecule has 5 nitrogen and oxygen atoms in total. The van der Waals surface area contributed by atoms with Crippen molar-refractivity contribution in [3.05, 3.63) is 48.4 Å². The molecule has 0 saturated carbocycles. The van der Waals surface area contributed by atoms with Crippen LogP contribution < -0.4 is 9.46 Å². The van der Waals surface area contributed by atoms with Crippen molar-refractivity contribution < 1.29 is 17.5 Å². The van der Waals surface area contributed by atoms with Crippen LogP contribution in [0, 0.1) is 5.82 Å². The van der Waals surface area contributed by atoms with E-state index in [1.165, 1.54) is 25.4 Å². The summed E-state index contributed by atoms with van der Waals surface area (Å²) in [5.74, 6) is -0.577. The highest BCUT2D eigenvalue weighted by Gasteiger charge is 2.21. The van der Waals surface area contributed by atoms with E-state index in [9.17, 15) is 12.8 Å². The highest BCUT2D eigenvalue weighted by atomic mass is 32.2. The average molecular weight is 282 g/mol. The normalized spacial score (nSPS) is 11.1. The van der Waals surface area contributed by atoms with Crippen LogP contribution in [-0.4, -0.2) is 20.5 Å². The fourth-order valence-corrected chi connectivity index (χ4v) is 2.57. The average Bonchev–Trinajstić information content (AvgIpc) is 2.39. The predicted octanol–water partition coefficient (Wildman–Crippen LogP) is 2.03. The number of pyridine rings is 1. The molecular formula is C12H11FN2O3S. The Hall–Kier alpha value is -2.15. The minimum Gasteiger partial charge on any atom is -0.495 e. The lowest BCUT2D eigenvalue weighted by molar-refractivity contribution is 0.417. The number of halogens is 1. The Morgan fingerprint density at radius 1 is 1.21 bits per heavy atom. The van der Waals surface area contributed by atoms with Gasteiger partial charge in [-0.25, -0.2) is 9.37 Å². The van der Waals surface area contributed by atoms with E-state index < -0.39 is 20.9 Å². The SMILES string of the molecule is COc1ccccc1NS(=O)(=O)c1ncccc1F. The largest absolute Gasteiger partial charge is 0.495 e. The van der Waals surface area contributed by atoms with Gasteiger partial charge in [0.1, 0.15) is 5.75 Å². The lowest BCUT2D eigenvalue weighted by Gasteiger charge is -2.11. The maximum absolute atomic E-state index is 13.5. The van der Waals surface area contributed by atoms with E-state index in [-0.39, 0.29) is 5.69 Å².